The number of benzene rings is 4. The fourth-order valence-corrected chi connectivity index (χ4v) is 6.20. The third-order valence-corrected chi connectivity index (χ3v) is 8.46. The Morgan fingerprint density at radius 3 is 0.976 bits per heavy atom. The normalized spacial score (nSPS) is 11.3. The number of hydrogen-bond acceptors (Lipinski definition) is 2. The van der Waals surface area contributed by atoms with Gasteiger partial charge in [-0.25, -0.2) is 9.97 Å². The topological polar surface area (TPSA) is 25.8 Å². The van der Waals surface area contributed by atoms with Crippen LogP contribution in [0.25, 0.3) is 43.6 Å². The minimum absolute atomic E-state index is 1.11. The van der Waals surface area contributed by atoms with Crippen LogP contribution in [0.5, 0.6) is 0 Å². The van der Waals surface area contributed by atoms with Crippen LogP contribution in [0.15, 0.2) is 97.1 Å². The van der Waals surface area contributed by atoms with E-state index in [1.807, 2.05) is 0 Å². The van der Waals surface area contributed by atoms with Gasteiger partial charge >= 0.3 is 0 Å². The maximum atomic E-state index is 4.87. The fourth-order valence-electron chi connectivity index (χ4n) is 6.20. The zero-order valence-corrected chi connectivity index (χ0v) is 25.6. The Balaban J connectivity index is 0.000000451. The van der Waals surface area contributed by atoms with Crippen LogP contribution in [0.4, 0.5) is 0 Å². The first-order chi connectivity index (χ1) is 20.8. The van der Waals surface area contributed by atoms with Gasteiger partial charge in [0.2, 0.25) is 0 Å². The molecule has 0 aliphatic rings. The number of hydrogen-bond donors (Lipinski definition) is 0. The van der Waals surface area contributed by atoms with Crippen LogP contribution in [-0.2, 0) is 12.8 Å². The van der Waals surface area contributed by atoms with E-state index < -0.39 is 0 Å². The Morgan fingerprint density at radius 1 is 0.357 bits per heavy atom. The molecule has 0 spiro atoms. The smallest absolute Gasteiger partial charge is 0.0712 e. The van der Waals surface area contributed by atoms with Gasteiger partial charge in [-0.1, -0.05) is 138 Å². The van der Waals surface area contributed by atoms with Crippen molar-refractivity contribution in [3.8, 4) is 0 Å². The standard InChI is InChI=1S/C33H30N2.C7H16/c1(2-4-14-24-26-16-6-10-20-30(26)34-31-21-11-7-17-27(24)31)3-5-15-25-28-18-8-12-22-32(28)35-33-23-13-9-19-29(25)33;1-3-5-7-6-4-2/h6-13,16-23H,1-5,14-15H2;3-7H2,1-2H3. The second-order valence-electron chi connectivity index (χ2n) is 11.6. The molecule has 0 saturated heterocycles. The predicted octanol–water partition coefficient (Wildman–Crippen LogP) is 11.8. The molecule has 0 bridgehead atoms. The second kappa shape index (κ2) is 15.4. The summed E-state index contributed by atoms with van der Waals surface area (Å²) < 4.78 is 0. The van der Waals surface area contributed by atoms with Crippen LogP contribution < -0.4 is 0 Å². The Morgan fingerprint density at radius 2 is 0.643 bits per heavy atom. The van der Waals surface area contributed by atoms with Gasteiger partial charge in [0.25, 0.3) is 0 Å². The Kier molecular flexibility index (Phi) is 10.9. The van der Waals surface area contributed by atoms with Crippen molar-refractivity contribution in [1.29, 1.82) is 0 Å². The molecule has 2 nitrogen and oxygen atoms in total. The Bertz CT molecular complexity index is 1480. The second-order valence-corrected chi connectivity index (χ2v) is 11.6. The molecule has 4 aromatic carbocycles. The third-order valence-electron chi connectivity index (χ3n) is 8.46. The van der Waals surface area contributed by atoms with Gasteiger partial charge in [-0.05, 0) is 61.1 Å². The highest BCUT2D eigenvalue weighted by atomic mass is 14.7. The predicted molar refractivity (Wildman–Crippen MR) is 183 cm³/mol. The maximum absolute atomic E-state index is 4.87. The molecule has 0 aliphatic carbocycles. The van der Waals surface area contributed by atoms with Crippen molar-refractivity contribution < 1.29 is 0 Å². The summed E-state index contributed by atoms with van der Waals surface area (Å²) in [6, 6.07) is 34.3. The van der Waals surface area contributed by atoms with Gasteiger partial charge in [-0.15, -0.1) is 0 Å². The quantitative estimate of drug-likeness (QED) is 0.111. The molecule has 0 radical (unpaired) electrons. The van der Waals surface area contributed by atoms with E-state index >= 15 is 0 Å². The lowest BCUT2D eigenvalue weighted by Crippen LogP contribution is -1.95. The minimum Gasteiger partial charge on any atom is -0.248 e. The molecule has 216 valence electrons. The molecule has 0 saturated carbocycles. The number of para-hydroxylation sites is 4. The summed E-state index contributed by atoms with van der Waals surface area (Å²) in [6.45, 7) is 4.49. The molecule has 0 fully saturated rings. The van der Waals surface area contributed by atoms with Crippen molar-refractivity contribution in [2.45, 2.75) is 90.9 Å². The van der Waals surface area contributed by atoms with Crippen LogP contribution >= 0.6 is 0 Å². The molecule has 2 heteroatoms. The Labute approximate surface area is 252 Å². The maximum Gasteiger partial charge on any atom is 0.0712 e. The molecule has 42 heavy (non-hydrogen) atoms. The average Bonchev–Trinajstić information content (AvgIpc) is 3.04. The van der Waals surface area contributed by atoms with E-state index in [4.69, 9.17) is 9.97 Å². The van der Waals surface area contributed by atoms with Crippen molar-refractivity contribution in [2.75, 3.05) is 0 Å². The first kappa shape index (κ1) is 29.7. The Hall–Kier alpha value is -3.78. The first-order valence-electron chi connectivity index (χ1n) is 16.3. The van der Waals surface area contributed by atoms with Crippen LogP contribution in [0, 0.1) is 0 Å². The molecule has 6 rings (SSSR count). The summed E-state index contributed by atoms with van der Waals surface area (Å²) >= 11 is 0. The molecular formula is C40H46N2. The summed E-state index contributed by atoms with van der Waals surface area (Å²) in [4.78, 5) is 9.75. The van der Waals surface area contributed by atoms with E-state index in [2.05, 4.69) is 111 Å². The zero-order chi connectivity index (χ0) is 29.0. The number of nitrogens with zero attached hydrogens (tertiary/aromatic N) is 2. The van der Waals surface area contributed by atoms with E-state index in [1.165, 1.54) is 96.9 Å². The summed E-state index contributed by atoms with van der Waals surface area (Å²) in [7, 11) is 0. The van der Waals surface area contributed by atoms with Crippen molar-refractivity contribution in [2.24, 2.45) is 0 Å². The summed E-state index contributed by atoms with van der Waals surface area (Å²) in [5, 5.41) is 5.23. The number of rotatable bonds is 12. The van der Waals surface area contributed by atoms with Gasteiger partial charge in [0.1, 0.15) is 0 Å². The number of pyridine rings is 2. The molecule has 0 atom stereocenters. The molecule has 0 unspecified atom stereocenters. The van der Waals surface area contributed by atoms with Gasteiger partial charge in [0, 0.05) is 21.5 Å². The van der Waals surface area contributed by atoms with Gasteiger partial charge in [-0.2, -0.15) is 0 Å². The highest BCUT2D eigenvalue weighted by Crippen LogP contribution is 2.29. The van der Waals surface area contributed by atoms with Crippen molar-refractivity contribution in [3.05, 3.63) is 108 Å². The summed E-state index contributed by atoms with van der Waals surface area (Å²) in [5.41, 5.74) is 7.36. The molecule has 2 heterocycles. The number of aryl methyl sites for hydroxylation is 2. The van der Waals surface area contributed by atoms with Crippen molar-refractivity contribution in [1.82, 2.24) is 9.97 Å². The van der Waals surface area contributed by atoms with Gasteiger partial charge in [0.05, 0.1) is 22.1 Å². The van der Waals surface area contributed by atoms with Crippen molar-refractivity contribution in [3.63, 3.8) is 0 Å². The van der Waals surface area contributed by atoms with Crippen LogP contribution in [-0.4, -0.2) is 9.97 Å². The number of unbranched alkanes of at least 4 members (excludes halogenated alkanes) is 8. The van der Waals surface area contributed by atoms with Crippen molar-refractivity contribution >= 4 is 43.6 Å². The molecule has 0 aliphatic heterocycles. The highest BCUT2D eigenvalue weighted by Gasteiger charge is 2.10. The molecule has 0 N–H and O–H groups in total. The van der Waals surface area contributed by atoms with E-state index in [-0.39, 0.29) is 0 Å². The molecule has 6 aromatic rings. The van der Waals surface area contributed by atoms with Gasteiger partial charge < -0.3 is 0 Å². The van der Waals surface area contributed by atoms with E-state index in [1.54, 1.807) is 0 Å². The van der Waals surface area contributed by atoms with E-state index in [9.17, 15) is 0 Å². The largest absolute Gasteiger partial charge is 0.248 e. The van der Waals surface area contributed by atoms with Gasteiger partial charge in [0.15, 0.2) is 0 Å². The lowest BCUT2D eigenvalue weighted by molar-refractivity contribution is 0.616. The van der Waals surface area contributed by atoms with Crippen LogP contribution in [0.1, 0.15) is 89.2 Å². The van der Waals surface area contributed by atoms with E-state index in [0.717, 1.165) is 34.9 Å². The fraction of sp³-hybridized carbons (Fsp3) is 0.350. The lowest BCUT2D eigenvalue weighted by atomic mass is 9.96. The van der Waals surface area contributed by atoms with E-state index in [0.29, 0.717) is 0 Å². The number of aromatic nitrogens is 2. The minimum atomic E-state index is 1.11. The van der Waals surface area contributed by atoms with Gasteiger partial charge in [-0.3, -0.25) is 0 Å². The molecular weight excluding hydrogens is 508 g/mol. The highest BCUT2D eigenvalue weighted by molar-refractivity contribution is 5.98. The third kappa shape index (κ3) is 7.34. The first-order valence-corrected chi connectivity index (χ1v) is 16.3. The monoisotopic (exact) mass is 554 g/mol. The van der Waals surface area contributed by atoms with Crippen LogP contribution in [0.2, 0.25) is 0 Å². The zero-order valence-electron chi connectivity index (χ0n) is 25.6. The lowest BCUT2D eigenvalue weighted by Gasteiger charge is -2.12. The number of fused-ring (bicyclic) bond motifs is 4. The molecule has 0 amide bonds. The van der Waals surface area contributed by atoms with Crippen LogP contribution in [0.3, 0.4) is 0 Å². The average molecular weight is 555 g/mol. The SMILES string of the molecule is CCCCCCC.c1ccc2c(CCCCCCCc3c4ccccc4nc4ccccc34)c3ccccc3nc2c1. The molecule has 2 aromatic heterocycles. The summed E-state index contributed by atoms with van der Waals surface area (Å²) in [5.74, 6) is 0. The summed E-state index contributed by atoms with van der Waals surface area (Å²) in [6.07, 6.45) is 15.5.